The molecule has 2 amide bonds. The van der Waals surface area contributed by atoms with Crippen molar-refractivity contribution >= 4 is 39.1 Å². The molecule has 10 nitrogen and oxygen atoms in total. The molecular formula is C27H25F2N7O3S. The van der Waals surface area contributed by atoms with Gasteiger partial charge in [-0.1, -0.05) is 18.2 Å². The van der Waals surface area contributed by atoms with E-state index in [9.17, 15) is 18.4 Å². The van der Waals surface area contributed by atoms with Crippen LogP contribution < -0.4 is 15.8 Å². The highest BCUT2D eigenvalue weighted by Gasteiger charge is 2.27. The fourth-order valence-electron chi connectivity index (χ4n) is 4.35. The van der Waals surface area contributed by atoms with E-state index in [1.165, 1.54) is 16.8 Å². The van der Waals surface area contributed by atoms with Crippen molar-refractivity contribution < 1.29 is 23.1 Å². The topological polar surface area (TPSA) is 130 Å². The molecule has 0 fully saturated rings. The first kappa shape index (κ1) is 26.9. The minimum Gasteiger partial charge on any atom is -0.471 e. The second-order valence-corrected chi connectivity index (χ2v) is 9.94. The van der Waals surface area contributed by atoms with Gasteiger partial charge in [-0.15, -0.1) is 11.3 Å². The Morgan fingerprint density at radius 2 is 1.95 bits per heavy atom. The highest BCUT2D eigenvalue weighted by molar-refractivity contribution is 7.21. The SMILES string of the molecule is CCn1ncc(-c2cc(C(F)F)nc3sc(C(N)=O)c(NC(=O)c4ccn(COc5ccccc5C)n4)c23)c1C. The van der Waals surface area contributed by atoms with E-state index >= 15 is 0 Å². The lowest BCUT2D eigenvalue weighted by Gasteiger charge is -2.11. The van der Waals surface area contributed by atoms with Crippen molar-refractivity contribution in [2.24, 2.45) is 5.73 Å². The van der Waals surface area contributed by atoms with Crippen molar-refractivity contribution in [1.82, 2.24) is 24.5 Å². The number of hydrogen-bond acceptors (Lipinski definition) is 7. The minimum absolute atomic E-state index is 0.0219. The van der Waals surface area contributed by atoms with Gasteiger partial charge in [0, 0.05) is 29.4 Å². The molecule has 0 aliphatic carbocycles. The Bertz CT molecular complexity index is 1740. The number of carbonyl (C=O) groups is 2. The van der Waals surface area contributed by atoms with Crippen LogP contribution in [0.5, 0.6) is 5.75 Å². The third-order valence-corrected chi connectivity index (χ3v) is 7.48. The molecule has 0 aliphatic rings. The Kier molecular flexibility index (Phi) is 7.30. The number of amides is 2. The highest BCUT2D eigenvalue weighted by Crippen LogP contribution is 2.43. The quantitative estimate of drug-likeness (QED) is 0.249. The van der Waals surface area contributed by atoms with Gasteiger partial charge in [-0.2, -0.15) is 10.2 Å². The van der Waals surface area contributed by atoms with Crippen LogP contribution >= 0.6 is 11.3 Å². The third-order valence-electron chi connectivity index (χ3n) is 6.38. The number of carbonyl (C=O) groups excluding carboxylic acids is 2. The predicted octanol–water partition coefficient (Wildman–Crippen LogP) is 5.32. The van der Waals surface area contributed by atoms with Crippen molar-refractivity contribution in [2.45, 2.75) is 40.5 Å². The van der Waals surface area contributed by atoms with Gasteiger partial charge in [-0.05, 0) is 50.1 Å². The van der Waals surface area contributed by atoms with Crippen LogP contribution in [-0.2, 0) is 13.3 Å². The zero-order valence-corrected chi connectivity index (χ0v) is 22.6. The summed E-state index contributed by atoms with van der Waals surface area (Å²) in [7, 11) is 0. The fraction of sp³-hybridized carbons (Fsp3) is 0.222. The van der Waals surface area contributed by atoms with Crippen LogP contribution in [-0.4, -0.2) is 36.4 Å². The van der Waals surface area contributed by atoms with Crippen LogP contribution in [0.15, 0.2) is 48.8 Å². The van der Waals surface area contributed by atoms with E-state index in [-0.39, 0.29) is 27.8 Å². The van der Waals surface area contributed by atoms with E-state index in [2.05, 4.69) is 20.5 Å². The Hall–Kier alpha value is -4.65. The minimum atomic E-state index is -2.85. The molecule has 0 atom stereocenters. The number of nitrogens with two attached hydrogens (primary N) is 1. The molecule has 4 heterocycles. The number of para-hydroxylation sites is 1. The summed E-state index contributed by atoms with van der Waals surface area (Å²) in [4.78, 5) is 29.9. The number of aryl methyl sites for hydroxylation is 2. The van der Waals surface area contributed by atoms with Gasteiger partial charge in [0.2, 0.25) is 0 Å². The number of fused-ring (bicyclic) bond motifs is 1. The fourth-order valence-corrected chi connectivity index (χ4v) is 5.36. The summed E-state index contributed by atoms with van der Waals surface area (Å²) < 4.78 is 36.5. The number of benzene rings is 1. The second-order valence-electron chi connectivity index (χ2n) is 8.94. The van der Waals surface area contributed by atoms with Gasteiger partial charge >= 0.3 is 0 Å². The van der Waals surface area contributed by atoms with E-state index in [0.29, 0.717) is 28.8 Å². The summed E-state index contributed by atoms with van der Waals surface area (Å²) in [6.07, 6.45) is 0.289. The summed E-state index contributed by atoms with van der Waals surface area (Å²) >= 11 is 0.834. The Morgan fingerprint density at radius 3 is 2.62 bits per heavy atom. The number of nitrogens with zero attached hydrogens (tertiary/aromatic N) is 5. The number of anilines is 1. The number of alkyl halides is 2. The zero-order chi connectivity index (χ0) is 28.6. The summed E-state index contributed by atoms with van der Waals surface area (Å²) in [6.45, 7) is 6.27. The third kappa shape index (κ3) is 5.02. The number of hydrogen-bond donors (Lipinski definition) is 2. The molecule has 0 saturated heterocycles. The number of halogens is 2. The molecule has 4 aromatic heterocycles. The Labute approximate surface area is 231 Å². The largest absolute Gasteiger partial charge is 0.471 e. The van der Waals surface area contributed by atoms with E-state index in [0.717, 1.165) is 22.6 Å². The maximum Gasteiger partial charge on any atom is 0.280 e. The van der Waals surface area contributed by atoms with Gasteiger partial charge in [0.1, 0.15) is 21.2 Å². The predicted molar refractivity (Wildman–Crippen MR) is 147 cm³/mol. The van der Waals surface area contributed by atoms with E-state index < -0.39 is 23.9 Å². The van der Waals surface area contributed by atoms with Crippen molar-refractivity contribution in [3.8, 4) is 16.9 Å². The smallest absolute Gasteiger partial charge is 0.280 e. The number of aromatic nitrogens is 5. The number of thiophene rings is 1. The van der Waals surface area contributed by atoms with E-state index in [1.54, 1.807) is 17.1 Å². The summed E-state index contributed by atoms with van der Waals surface area (Å²) in [5.74, 6) is -0.771. The highest BCUT2D eigenvalue weighted by atomic mass is 32.1. The molecule has 5 rings (SSSR count). The molecule has 0 radical (unpaired) electrons. The van der Waals surface area contributed by atoms with Crippen LogP contribution in [0, 0.1) is 13.8 Å². The molecule has 0 aliphatic heterocycles. The van der Waals surface area contributed by atoms with Gasteiger partial charge < -0.3 is 15.8 Å². The van der Waals surface area contributed by atoms with Crippen LogP contribution in [0.25, 0.3) is 21.3 Å². The average Bonchev–Trinajstić information content (AvgIpc) is 3.65. The Morgan fingerprint density at radius 1 is 1.18 bits per heavy atom. The van der Waals surface area contributed by atoms with Crippen molar-refractivity contribution in [2.75, 3.05) is 5.32 Å². The average molecular weight is 566 g/mol. The normalized spacial score (nSPS) is 11.3. The van der Waals surface area contributed by atoms with Crippen molar-refractivity contribution in [3.63, 3.8) is 0 Å². The van der Waals surface area contributed by atoms with Crippen LogP contribution in [0.1, 0.15) is 50.5 Å². The molecule has 40 heavy (non-hydrogen) atoms. The molecule has 0 bridgehead atoms. The molecular weight excluding hydrogens is 540 g/mol. The number of pyridine rings is 1. The van der Waals surface area contributed by atoms with Crippen LogP contribution in [0.2, 0.25) is 0 Å². The lowest BCUT2D eigenvalue weighted by Crippen LogP contribution is -2.18. The molecule has 206 valence electrons. The first-order valence-corrected chi connectivity index (χ1v) is 13.1. The van der Waals surface area contributed by atoms with Gasteiger partial charge in [-0.3, -0.25) is 14.3 Å². The van der Waals surface area contributed by atoms with E-state index in [4.69, 9.17) is 10.5 Å². The number of rotatable bonds is 9. The first-order valence-electron chi connectivity index (χ1n) is 12.3. The van der Waals surface area contributed by atoms with Crippen molar-refractivity contribution in [1.29, 1.82) is 0 Å². The molecule has 0 saturated carbocycles. The molecule has 5 aromatic rings. The number of primary amides is 1. The molecule has 13 heteroatoms. The molecule has 3 N–H and O–H groups in total. The maximum absolute atomic E-state index is 13.8. The van der Waals surface area contributed by atoms with Gasteiger partial charge in [0.15, 0.2) is 12.4 Å². The Balaban J connectivity index is 1.53. The van der Waals surface area contributed by atoms with Gasteiger partial charge in [-0.25, -0.2) is 18.4 Å². The lowest BCUT2D eigenvalue weighted by molar-refractivity contribution is 0.100. The number of ether oxygens (including phenoxy) is 1. The van der Waals surface area contributed by atoms with Crippen LogP contribution in [0.4, 0.5) is 14.5 Å². The summed E-state index contributed by atoms with van der Waals surface area (Å²) in [5.41, 5.74) is 7.91. The molecule has 1 aromatic carbocycles. The first-order chi connectivity index (χ1) is 19.2. The lowest BCUT2D eigenvalue weighted by atomic mass is 10.0. The standard InChI is InChI=1S/C27H25F2N7O3S/c1-4-36-15(3)17(12-31-36)16-11-19(24(28)29)32-27-21(16)22(23(40-27)25(30)37)33-26(38)18-9-10-35(34-18)13-39-20-8-6-5-7-14(20)2/h5-12,24H,4,13H2,1-3H3,(H2,30,37)(H,33,38). The van der Waals surface area contributed by atoms with Gasteiger partial charge in [0.05, 0.1) is 11.9 Å². The maximum atomic E-state index is 13.8. The van der Waals surface area contributed by atoms with Gasteiger partial charge in [0.25, 0.3) is 18.2 Å². The second kappa shape index (κ2) is 10.8. The zero-order valence-electron chi connectivity index (χ0n) is 21.8. The molecule has 0 spiro atoms. The summed E-state index contributed by atoms with van der Waals surface area (Å²) in [5, 5.41) is 11.6. The monoisotopic (exact) mass is 565 g/mol. The van der Waals surface area contributed by atoms with Crippen LogP contribution in [0.3, 0.4) is 0 Å². The van der Waals surface area contributed by atoms with E-state index in [1.807, 2.05) is 45.0 Å². The summed E-state index contributed by atoms with van der Waals surface area (Å²) in [6, 6.07) is 10.3. The number of nitrogens with one attached hydrogen (secondary N) is 1. The molecule has 0 unspecified atom stereocenters. The van der Waals surface area contributed by atoms with Crippen molar-refractivity contribution in [3.05, 3.63) is 76.3 Å².